The van der Waals surface area contributed by atoms with Crippen molar-refractivity contribution < 1.29 is 24.1 Å². The Balaban J connectivity index is 1.98. The third-order valence-corrected chi connectivity index (χ3v) is 4.15. The molecule has 0 spiro atoms. The Morgan fingerprint density at radius 1 is 1.30 bits per heavy atom. The lowest BCUT2D eigenvalue weighted by atomic mass is 10.3. The van der Waals surface area contributed by atoms with Gasteiger partial charge in [0, 0.05) is 18.2 Å². The highest BCUT2D eigenvalue weighted by Crippen LogP contribution is 2.22. The monoisotopic (exact) mass is 321 g/mol. The van der Waals surface area contributed by atoms with E-state index in [1.165, 1.54) is 11.3 Å². The molecule has 0 aliphatic carbocycles. The number of thioether (sulfide) groups is 1. The maximum atomic E-state index is 10.5. The quantitative estimate of drug-likeness (QED) is 0.462. The summed E-state index contributed by atoms with van der Waals surface area (Å²) in [6, 6.07) is 0. The predicted molar refractivity (Wildman–Crippen MR) is 77.7 cm³/mol. The summed E-state index contributed by atoms with van der Waals surface area (Å²) in [6.07, 6.45) is -0.0215. The van der Waals surface area contributed by atoms with Crippen LogP contribution in [-0.4, -0.2) is 62.0 Å². The fourth-order valence-corrected chi connectivity index (χ4v) is 3.01. The molecule has 114 valence electrons. The summed E-state index contributed by atoms with van der Waals surface area (Å²) >= 11 is 3.03. The van der Waals surface area contributed by atoms with Crippen LogP contribution in [0.5, 0.6) is 0 Å². The highest BCUT2D eigenvalue weighted by molar-refractivity contribution is 8.01. The Kier molecular flexibility index (Phi) is 9.60. The molecule has 0 fully saturated rings. The second-order valence-electron chi connectivity index (χ2n) is 3.74. The molecule has 1 aromatic heterocycles. The van der Waals surface area contributed by atoms with Gasteiger partial charge in [0.05, 0.1) is 45.1 Å². The molecule has 0 aliphatic rings. The average Bonchev–Trinajstić information content (AvgIpc) is 2.83. The van der Waals surface area contributed by atoms with Gasteiger partial charge in [-0.2, -0.15) is 0 Å². The lowest BCUT2D eigenvalue weighted by Crippen LogP contribution is -2.09. The van der Waals surface area contributed by atoms with Gasteiger partial charge in [-0.1, -0.05) is 11.8 Å². The fourth-order valence-electron chi connectivity index (χ4n) is 1.24. The number of ether oxygens (including phenoxy) is 3. The van der Waals surface area contributed by atoms with E-state index >= 15 is 0 Å². The van der Waals surface area contributed by atoms with Gasteiger partial charge in [-0.25, -0.2) is 4.98 Å². The van der Waals surface area contributed by atoms with Gasteiger partial charge in [0.15, 0.2) is 0 Å². The maximum Gasteiger partial charge on any atom is 0.309 e. The van der Waals surface area contributed by atoms with Crippen LogP contribution in [0.3, 0.4) is 0 Å². The first-order chi connectivity index (χ1) is 9.72. The number of thiazole rings is 1. The molecule has 1 heterocycles. The SMILES string of the molecule is COCCOCCOCCSc1nc(CC(=O)O)cs1. The van der Waals surface area contributed by atoms with Gasteiger partial charge >= 0.3 is 5.97 Å². The van der Waals surface area contributed by atoms with Crippen LogP contribution in [-0.2, 0) is 25.4 Å². The van der Waals surface area contributed by atoms with Gasteiger partial charge in [-0.05, 0) is 0 Å². The normalized spacial score (nSPS) is 10.8. The van der Waals surface area contributed by atoms with E-state index in [2.05, 4.69) is 4.98 Å². The summed E-state index contributed by atoms with van der Waals surface area (Å²) in [7, 11) is 1.64. The first kappa shape index (κ1) is 17.4. The van der Waals surface area contributed by atoms with Crippen molar-refractivity contribution in [2.24, 2.45) is 0 Å². The number of carboxylic acid groups (broad SMARTS) is 1. The van der Waals surface area contributed by atoms with Crippen molar-refractivity contribution in [2.45, 2.75) is 10.8 Å². The standard InChI is InChI=1S/C12H19NO5S2/c1-16-2-3-17-4-5-18-6-7-19-12-13-10(9-20-12)8-11(14)15/h9H,2-8H2,1H3,(H,14,15). The first-order valence-corrected chi connectivity index (χ1v) is 8.02. The van der Waals surface area contributed by atoms with Crippen molar-refractivity contribution in [1.82, 2.24) is 4.98 Å². The predicted octanol–water partition coefficient (Wildman–Crippen LogP) is 1.54. The summed E-state index contributed by atoms with van der Waals surface area (Å²) in [6.45, 7) is 2.92. The lowest BCUT2D eigenvalue weighted by Gasteiger charge is -2.04. The highest BCUT2D eigenvalue weighted by Gasteiger charge is 2.06. The largest absolute Gasteiger partial charge is 0.481 e. The molecule has 1 rings (SSSR count). The number of carbonyl (C=O) groups is 1. The summed E-state index contributed by atoms with van der Waals surface area (Å²) in [5, 5.41) is 10.4. The number of hydrogen-bond acceptors (Lipinski definition) is 7. The van der Waals surface area contributed by atoms with Crippen molar-refractivity contribution in [1.29, 1.82) is 0 Å². The number of nitrogens with zero attached hydrogens (tertiary/aromatic N) is 1. The molecule has 1 aromatic rings. The van der Waals surface area contributed by atoms with E-state index in [9.17, 15) is 4.79 Å². The van der Waals surface area contributed by atoms with Gasteiger partial charge in [0.25, 0.3) is 0 Å². The molecule has 1 N–H and O–H groups in total. The number of carboxylic acids is 1. The molecule has 0 aliphatic heterocycles. The molecule has 6 nitrogen and oxygen atoms in total. The van der Waals surface area contributed by atoms with Gasteiger partial charge < -0.3 is 19.3 Å². The molecule has 0 bridgehead atoms. The van der Waals surface area contributed by atoms with Gasteiger partial charge in [-0.3, -0.25) is 4.79 Å². The zero-order valence-electron chi connectivity index (χ0n) is 11.4. The smallest absolute Gasteiger partial charge is 0.309 e. The number of aromatic nitrogens is 1. The third kappa shape index (κ3) is 8.49. The minimum absolute atomic E-state index is 0.0215. The van der Waals surface area contributed by atoms with Gasteiger partial charge in [0.1, 0.15) is 4.34 Å². The van der Waals surface area contributed by atoms with Crippen molar-refractivity contribution in [3.63, 3.8) is 0 Å². The van der Waals surface area contributed by atoms with Crippen LogP contribution in [0, 0.1) is 0 Å². The maximum absolute atomic E-state index is 10.5. The van der Waals surface area contributed by atoms with E-state index in [4.69, 9.17) is 19.3 Å². The molecule has 0 saturated carbocycles. The summed E-state index contributed by atoms with van der Waals surface area (Å²) in [5.74, 6) is -0.0679. The van der Waals surface area contributed by atoms with Crippen LogP contribution in [0.2, 0.25) is 0 Å². The molecule has 8 heteroatoms. The van der Waals surface area contributed by atoms with Crippen LogP contribution in [0.1, 0.15) is 5.69 Å². The Morgan fingerprint density at radius 2 is 2.00 bits per heavy atom. The van der Waals surface area contributed by atoms with Crippen molar-refractivity contribution in [3.8, 4) is 0 Å². The van der Waals surface area contributed by atoms with E-state index in [0.29, 0.717) is 38.7 Å². The summed E-state index contributed by atoms with van der Waals surface area (Å²) in [5.41, 5.74) is 0.609. The van der Waals surface area contributed by atoms with Crippen LogP contribution in [0.15, 0.2) is 9.72 Å². The fraction of sp³-hybridized carbons (Fsp3) is 0.667. The molecule has 20 heavy (non-hydrogen) atoms. The van der Waals surface area contributed by atoms with E-state index in [0.717, 1.165) is 10.1 Å². The molecule has 0 atom stereocenters. The summed E-state index contributed by atoms with van der Waals surface area (Å²) < 4.78 is 16.4. The molecule has 0 amide bonds. The number of rotatable bonds is 12. The minimum Gasteiger partial charge on any atom is -0.481 e. The highest BCUT2D eigenvalue weighted by atomic mass is 32.2. The number of methoxy groups -OCH3 is 1. The number of aliphatic carboxylic acids is 1. The summed E-state index contributed by atoms with van der Waals surface area (Å²) in [4.78, 5) is 14.7. The second-order valence-corrected chi connectivity index (χ2v) is 5.94. The van der Waals surface area contributed by atoms with Crippen LogP contribution in [0.4, 0.5) is 0 Å². The Morgan fingerprint density at radius 3 is 2.70 bits per heavy atom. The van der Waals surface area contributed by atoms with Crippen molar-refractivity contribution >= 4 is 29.1 Å². The topological polar surface area (TPSA) is 77.9 Å². The van der Waals surface area contributed by atoms with E-state index in [1.807, 2.05) is 0 Å². The Labute approximate surface area is 126 Å². The van der Waals surface area contributed by atoms with E-state index < -0.39 is 5.97 Å². The average molecular weight is 321 g/mol. The Bertz CT molecular complexity index is 386. The number of hydrogen-bond donors (Lipinski definition) is 1. The van der Waals surface area contributed by atoms with Crippen molar-refractivity contribution in [3.05, 3.63) is 11.1 Å². The van der Waals surface area contributed by atoms with E-state index in [-0.39, 0.29) is 6.42 Å². The lowest BCUT2D eigenvalue weighted by molar-refractivity contribution is -0.136. The zero-order chi connectivity index (χ0) is 14.6. The van der Waals surface area contributed by atoms with Crippen molar-refractivity contribution in [2.75, 3.05) is 45.9 Å². The molecular weight excluding hydrogens is 302 g/mol. The van der Waals surface area contributed by atoms with Crippen LogP contribution in [0.25, 0.3) is 0 Å². The second kappa shape index (κ2) is 11.0. The van der Waals surface area contributed by atoms with Crippen LogP contribution < -0.4 is 0 Å². The van der Waals surface area contributed by atoms with Gasteiger partial charge in [0.2, 0.25) is 0 Å². The van der Waals surface area contributed by atoms with E-state index in [1.54, 1.807) is 24.3 Å². The molecule has 0 radical (unpaired) electrons. The molecular formula is C12H19NO5S2. The molecule has 0 unspecified atom stereocenters. The third-order valence-electron chi connectivity index (χ3n) is 2.12. The first-order valence-electron chi connectivity index (χ1n) is 6.15. The molecule has 0 saturated heterocycles. The zero-order valence-corrected chi connectivity index (χ0v) is 13.0. The molecule has 0 aromatic carbocycles. The van der Waals surface area contributed by atoms with Crippen LogP contribution >= 0.6 is 23.1 Å². The van der Waals surface area contributed by atoms with Gasteiger partial charge in [-0.15, -0.1) is 11.3 Å². The Hall–Kier alpha value is -0.670. The minimum atomic E-state index is -0.858.